The average Bonchev–Trinajstić information content (AvgIpc) is 2.79. The van der Waals surface area contributed by atoms with E-state index in [0.29, 0.717) is 25.4 Å². The standard InChI is InChI=1S/C23H22BrN3O3/c24-18-6-3-5-16-21(18)25-14-17(22(16)27-9-12-29-13-10-27)23(28)26-19-8-11-30-20-7-2-1-4-15(19)20/h1-7,14,19H,8-13H2,(H,26,28). The van der Waals surface area contributed by atoms with E-state index in [2.05, 4.69) is 31.1 Å². The molecule has 1 fully saturated rings. The molecule has 2 aromatic carbocycles. The number of carbonyl (C=O) groups excluding carboxylic acids is 1. The van der Waals surface area contributed by atoms with Gasteiger partial charge in [-0.1, -0.05) is 30.3 Å². The number of para-hydroxylation sites is 2. The molecular formula is C23H22BrN3O3. The van der Waals surface area contributed by atoms with Crippen molar-refractivity contribution in [2.75, 3.05) is 37.8 Å². The Bertz CT molecular complexity index is 1100. The van der Waals surface area contributed by atoms with Gasteiger partial charge < -0.3 is 19.7 Å². The Labute approximate surface area is 183 Å². The van der Waals surface area contributed by atoms with Crippen molar-refractivity contribution in [3.8, 4) is 5.75 Å². The number of benzene rings is 2. The summed E-state index contributed by atoms with van der Waals surface area (Å²) < 4.78 is 12.2. The lowest BCUT2D eigenvalue weighted by Gasteiger charge is -2.32. The first-order valence-electron chi connectivity index (χ1n) is 10.1. The second-order valence-corrected chi connectivity index (χ2v) is 8.31. The molecule has 1 amide bonds. The van der Waals surface area contributed by atoms with Crippen molar-refractivity contribution < 1.29 is 14.3 Å². The maximum absolute atomic E-state index is 13.5. The molecule has 0 radical (unpaired) electrons. The summed E-state index contributed by atoms with van der Waals surface area (Å²) >= 11 is 3.59. The quantitative estimate of drug-likeness (QED) is 0.628. The first-order chi connectivity index (χ1) is 14.7. The summed E-state index contributed by atoms with van der Waals surface area (Å²) in [4.78, 5) is 20.3. The summed E-state index contributed by atoms with van der Waals surface area (Å²) in [5.74, 6) is 0.718. The van der Waals surface area contributed by atoms with Gasteiger partial charge in [0.1, 0.15) is 5.75 Å². The van der Waals surface area contributed by atoms with Gasteiger partial charge in [0.2, 0.25) is 0 Å². The highest BCUT2D eigenvalue weighted by Gasteiger charge is 2.27. The number of nitrogens with zero attached hydrogens (tertiary/aromatic N) is 2. The fraction of sp³-hybridized carbons (Fsp3) is 0.304. The van der Waals surface area contributed by atoms with Crippen LogP contribution in [0.5, 0.6) is 5.75 Å². The Morgan fingerprint density at radius 2 is 1.93 bits per heavy atom. The maximum Gasteiger partial charge on any atom is 0.255 e. The van der Waals surface area contributed by atoms with Crippen molar-refractivity contribution in [2.24, 2.45) is 0 Å². The van der Waals surface area contributed by atoms with Gasteiger partial charge in [-0.05, 0) is 28.1 Å². The molecule has 0 saturated carbocycles. The highest BCUT2D eigenvalue weighted by molar-refractivity contribution is 9.10. The van der Waals surface area contributed by atoms with E-state index in [1.54, 1.807) is 6.20 Å². The largest absolute Gasteiger partial charge is 0.493 e. The Morgan fingerprint density at radius 3 is 2.80 bits per heavy atom. The van der Waals surface area contributed by atoms with E-state index in [9.17, 15) is 4.79 Å². The number of hydrogen-bond donors (Lipinski definition) is 1. The predicted molar refractivity (Wildman–Crippen MR) is 119 cm³/mol. The van der Waals surface area contributed by atoms with Gasteiger partial charge in [0, 0.05) is 41.1 Å². The van der Waals surface area contributed by atoms with Crippen molar-refractivity contribution in [1.29, 1.82) is 0 Å². The molecule has 1 unspecified atom stereocenters. The summed E-state index contributed by atoms with van der Waals surface area (Å²) in [7, 11) is 0. The van der Waals surface area contributed by atoms with Crippen molar-refractivity contribution in [3.05, 3.63) is 64.3 Å². The Balaban J connectivity index is 1.54. The van der Waals surface area contributed by atoms with Crippen LogP contribution >= 0.6 is 15.9 Å². The first kappa shape index (κ1) is 19.3. The van der Waals surface area contributed by atoms with Gasteiger partial charge in [-0.15, -0.1) is 0 Å². The molecule has 0 aliphatic carbocycles. The molecule has 5 rings (SSSR count). The van der Waals surface area contributed by atoms with Gasteiger partial charge in [-0.3, -0.25) is 9.78 Å². The van der Waals surface area contributed by atoms with Crippen LogP contribution in [0.2, 0.25) is 0 Å². The van der Waals surface area contributed by atoms with Crippen LogP contribution in [0.1, 0.15) is 28.4 Å². The van der Waals surface area contributed by atoms with Gasteiger partial charge in [0.25, 0.3) is 5.91 Å². The highest BCUT2D eigenvalue weighted by Crippen LogP contribution is 2.35. The van der Waals surface area contributed by atoms with Crippen LogP contribution in [0.4, 0.5) is 5.69 Å². The summed E-state index contributed by atoms with van der Waals surface area (Å²) in [5, 5.41) is 4.19. The number of aromatic nitrogens is 1. The van der Waals surface area contributed by atoms with Crippen molar-refractivity contribution in [2.45, 2.75) is 12.5 Å². The van der Waals surface area contributed by atoms with Crippen LogP contribution in [0, 0.1) is 0 Å². The molecule has 7 heteroatoms. The molecule has 1 N–H and O–H groups in total. The molecule has 1 atom stereocenters. The zero-order chi connectivity index (χ0) is 20.5. The van der Waals surface area contributed by atoms with Crippen LogP contribution in [0.25, 0.3) is 10.9 Å². The number of morpholine rings is 1. The van der Waals surface area contributed by atoms with E-state index in [4.69, 9.17) is 9.47 Å². The number of fused-ring (bicyclic) bond motifs is 2. The number of nitrogens with one attached hydrogen (secondary N) is 1. The Hall–Kier alpha value is -2.64. The summed E-state index contributed by atoms with van der Waals surface area (Å²) in [5.41, 5.74) is 3.38. The molecule has 2 aliphatic rings. The second kappa shape index (κ2) is 8.24. The average molecular weight is 468 g/mol. The molecule has 6 nitrogen and oxygen atoms in total. The number of ether oxygens (including phenoxy) is 2. The summed E-state index contributed by atoms with van der Waals surface area (Å²) in [6.45, 7) is 3.36. The lowest BCUT2D eigenvalue weighted by molar-refractivity contribution is 0.0923. The maximum atomic E-state index is 13.5. The van der Waals surface area contributed by atoms with E-state index in [0.717, 1.165) is 51.9 Å². The molecule has 154 valence electrons. The molecule has 3 heterocycles. The molecule has 1 saturated heterocycles. The lowest BCUT2D eigenvalue weighted by atomic mass is 9.99. The van der Waals surface area contributed by atoms with Crippen LogP contribution < -0.4 is 15.0 Å². The summed E-state index contributed by atoms with van der Waals surface area (Å²) in [6.07, 6.45) is 2.43. The van der Waals surface area contributed by atoms with Crippen molar-refractivity contribution in [1.82, 2.24) is 10.3 Å². The smallest absolute Gasteiger partial charge is 0.255 e. The third-order valence-electron chi connectivity index (χ3n) is 5.66. The highest BCUT2D eigenvalue weighted by atomic mass is 79.9. The van der Waals surface area contributed by atoms with E-state index in [1.165, 1.54) is 0 Å². The topological polar surface area (TPSA) is 63.7 Å². The van der Waals surface area contributed by atoms with Gasteiger partial charge >= 0.3 is 0 Å². The number of anilines is 1. The molecule has 30 heavy (non-hydrogen) atoms. The zero-order valence-electron chi connectivity index (χ0n) is 16.4. The molecular weight excluding hydrogens is 446 g/mol. The number of carbonyl (C=O) groups is 1. The number of amides is 1. The second-order valence-electron chi connectivity index (χ2n) is 7.46. The van der Waals surface area contributed by atoms with E-state index in [-0.39, 0.29) is 11.9 Å². The third kappa shape index (κ3) is 3.52. The number of rotatable bonds is 3. The lowest BCUT2D eigenvalue weighted by Crippen LogP contribution is -2.39. The minimum absolute atomic E-state index is 0.0850. The number of pyridine rings is 1. The molecule has 0 spiro atoms. The molecule has 2 aliphatic heterocycles. The minimum Gasteiger partial charge on any atom is -0.493 e. The fourth-order valence-electron chi connectivity index (χ4n) is 4.19. The van der Waals surface area contributed by atoms with Crippen molar-refractivity contribution in [3.63, 3.8) is 0 Å². The van der Waals surface area contributed by atoms with Gasteiger partial charge in [-0.25, -0.2) is 0 Å². The minimum atomic E-state index is -0.118. The van der Waals surface area contributed by atoms with Gasteiger partial charge in [0.05, 0.1) is 42.6 Å². The summed E-state index contributed by atoms with van der Waals surface area (Å²) in [6, 6.07) is 13.8. The normalized spacial score (nSPS) is 18.6. The zero-order valence-corrected chi connectivity index (χ0v) is 18.0. The van der Waals surface area contributed by atoms with Crippen LogP contribution in [-0.4, -0.2) is 43.8 Å². The predicted octanol–water partition coefficient (Wildman–Crippen LogP) is 4.09. The van der Waals surface area contributed by atoms with Crippen molar-refractivity contribution >= 4 is 38.4 Å². The molecule has 3 aromatic rings. The first-order valence-corrected chi connectivity index (χ1v) is 10.9. The van der Waals surface area contributed by atoms with E-state index < -0.39 is 0 Å². The Kier molecular flexibility index (Phi) is 5.31. The molecule has 0 bridgehead atoms. The van der Waals surface area contributed by atoms with Gasteiger partial charge in [0.15, 0.2) is 0 Å². The number of halogens is 1. The number of hydrogen-bond acceptors (Lipinski definition) is 5. The molecule has 1 aromatic heterocycles. The monoisotopic (exact) mass is 467 g/mol. The Morgan fingerprint density at radius 1 is 1.10 bits per heavy atom. The van der Waals surface area contributed by atoms with Gasteiger partial charge in [-0.2, -0.15) is 0 Å². The SMILES string of the molecule is O=C(NC1CCOc2ccccc21)c1cnc2c(Br)cccc2c1N1CCOCC1. The van der Waals surface area contributed by atoms with Crippen LogP contribution in [0.3, 0.4) is 0 Å². The third-order valence-corrected chi connectivity index (χ3v) is 6.30. The van der Waals surface area contributed by atoms with Crippen LogP contribution in [0.15, 0.2) is 53.1 Å². The fourth-order valence-corrected chi connectivity index (χ4v) is 4.66. The van der Waals surface area contributed by atoms with E-state index in [1.807, 2.05) is 42.5 Å². The van der Waals surface area contributed by atoms with E-state index >= 15 is 0 Å². The van der Waals surface area contributed by atoms with Crippen LogP contribution in [-0.2, 0) is 4.74 Å².